The topological polar surface area (TPSA) is 84.3 Å². The second kappa shape index (κ2) is 7.26. The Balaban J connectivity index is 1.29. The maximum absolute atomic E-state index is 12.4. The molecule has 0 unspecified atom stereocenters. The van der Waals surface area contributed by atoms with Gasteiger partial charge in [-0.25, -0.2) is 4.98 Å². The zero-order chi connectivity index (χ0) is 19.7. The molecule has 0 spiro atoms. The van der Waals surface area contributed by atoms with Crippen molar-refractivity contribution in [1.29, 1.82) is 0 Å². The third-order valence-electron chi connectivity index (χ3n) is 4.85. The Kier molecular flexibility index (Phi) is 4.65. The summed E-state index contributed by atoms with van der Waals surface area (Å²) in [5.41, 5.74) is 3.61. The molecule has 0 aliphatic carbocycles. The van der Waals surface area contributed by atoms with Crippen LogP contribution in [0.3, 0.4) is 0 Å². The van der Waals surface area contributed by atoms with E-state index in [1.165, 1.54) is 0 Å². The molecule has 7 nitrogen and oxygen atoms in total. The third-order valence-corrected chi connectivity index (χ3v) is 4.85. The van der Waals surface area contributed by atoms with Crippen molar-refractivity contribution in [3.05, 3.63) is 65.5 Å². The molecule has 0 saturated heterocycles. The van der Waals surface area contributed by atoms with Gasteiger partial charge in [-0.15, -0.1) is 0 Å². The normalized spacial score (nSPS) is 13.2. The summed E-state index contributed by atoms with van der Waals surface area (Å²) in [4.78, 5) is 42.3. The molecule has 1 aromatic heterocycles. The molecule has 0 atom stereocenters. The largest absolute Gasteiger partial charge is 0.354 e. The van der Waals surface area contributed by atoms with E-state index in [-0.39, 0.29) is 12.5 Å². The molecule has 0 radical (unpaired) electrons. The standard InChI is InChI=1S/C21H20N4O3/c1-14-7-8-15-16(11-14)21(28)25(20(15)27)12-19(26)22-9-4-10-24-13-23-17-5-2-3-6-18(17)24/h2-3,5-8,11,13H,4,9-10,12H2,1H3,(H,22,26). The molecule has 1 aliphatic heterocycles. The van der Waals surface area contributed by atoms with Crippen molar-refractivity contribution >= 4 is 28.8 Å². The number of nitrogens with one attached hydrogen (secondary N) is 1. The Bertz CT molecular complexity index is 1090. The van der Waals surface area contributed by atoms with E-state index < -0.39 is 11.8 Å². The molecule has 7 heteroatoms. The van der Waals surface area contributed by atoms with Crippen molar-refractivity contribution in [2.24, 2.45) is 0 Å². The van der Waals surface area contributed by atoms with Gasteiger partial charge >= 0.3 is 0 Å². The van der Waals surface area contributed by atoms with Crippen LogP contribution >= 0.6 is 0 Å². The first-order valence-corrected chi connectivity index (χ1v) is 9.18. The van der Waals surface area contributed by atoms with Crippen LogP contribution in [0.15, 0.2) is 48.8 Å². The number of para-hydroxylation sites is 2. The Labute approximate surface area is 162 Å². The van der Waals surface area contributed by atoms with Crippen LogP contribution in [-0.2, 0) is 11.3 Å². The van der Waals surface area contributed by atoms with Gasteiger partial charge < -0.3 is 9.88 Å². The van der Waals surface area contributed by atoms with Gasteiger partial charge in [0.25, 0.3) is 11.8 Å². The molecule has 1 aliphatic rings. The van der Waals surface area contributed by atoms with Gasteiger partial charge in [0.15, 0.2) is 0 Å². The van der Waals surface area contributed by atoms with Crippen LogP contribution in [0.25, 0.3) is 11.0 Å². The highest BCUT2D eigenvalue weighted by Crippen LogP contribution is 2.23. The number of nitrogens with zero attached hydrogens (tertiary/aromatic N) is 3. The number of imidazole rings is 1. The quantitative estimate of drug-likeness (QED) is 0.528. The summed E-state index contributed by atoms with van der Waals surface area (Å²) < 4.78 is 2.04. The molecule has 0 saturated carbocycles. The lowest BCUT2D eigenvalue weighted by Gasteiger charge is -2.13. The molecule has 0 fully saturated rings. The van der Waals surface area contributed by atoms with E-state index in [1.807, 2.05) is 35.8 Å². The summed E-state index contributed by atoms with van der Waals surface area (Å²) >= 11 is 0. The number of aryl methyl sites for hydroxylation is 2. The smallest absolute Gasteiger partial charge is 0.262 e. The fraction of sp³-hybridized carbons (Fsp3) is 0.238. The van der Waals surface area contributed by atoms with Gasteiger partial charge in [0, 0.05) is 13.1 Å². The number of aromatic nitrogens is 2. The van der Waals surface area contributed by atoms with Crippen molar-refractivity contribution in [3.63, 3.8) is 0 Å². The van der Waals surface area contributed by atoms with E-state index in [4.69, 9.17) is 0 Å². The number of hydrogen-bond donors (Lipinski definition) is 1. The average Bonchev–Trinajstić information content (AvgIpc) is 3.20. The van der Waals surface area contributed by atoms with Crippen LogP contribution in [0.4, 0.5) is 0 Å². The van der Waals surface area contributed by atoms with Gasteiger partial charge in [0.1, 0.15) is 6.54 Å². The minimum atomic E-state index is -0.417. The van der Waals surface area contributed by atoms with E-state index in [9.17, 15) is 14.4 Å². The van der Waals surface area contributed by atoms with E-state index in [2.05, 4.69) is 10.3 Å². The second-order valence-corrected chi connectivity index (χ2v) is 6.88. The van der Waals surface area contributed by atoms with Crippen molar-refractivity contribution in [2.75, 3.05) is 13.1 Å². The number of imide groups is 1. The van der Waals surface area contributed by atoms with Crippen LogP contribution in [0.5, 0.6) is 0 Å². The molecule has 3 aromatic rings. The van der Waals surface area contributed by atoms with E-state index >= 15 is 0 Å². The lowest BCUT2D eigenvalue weighted by molar-refractivity contribution is -0.121. The maximum Gasteiger partial charge on any atom is 0.262 e. The first kappa shape index (κ1) is 17.9. The van der Waals surface area contributed by atoms with Crippen LogP contribution in [0, 0.1) is 6.92 Å². The van der Waals surface area contributed by atoms with Crippen LogP contribution in [-0.4, -0.2) is 45.3 Å². The molecule has 142 valence electrons. The predicted molar refractivity (Wildman–Crippen MR) is 104 cm³/mol. The number of carbonyl (C=O) groups excluding carboxylic acids is 3. The molecule has 28 heavy (non-hydrogen) atoms. The Morgan fingerprint density at radius 2 is 1.86 bits per heavy atom. The van der Waals surface area contributed by atoms with Crippen molar-refractivity contribution in [3.8, 4) is 0 Å². The number of carbonyl (C=O) groups is 3. The summed E-state index contributed by atoms with van der Waals surface area (Å²) in [6.07, 6.45) is 2.50. The van der Waals surface area contributed by atoms with E-state index in [0.29, 0.717) is 30.6 Å². The molecule has 1 N–H and O–H groups in total. The molecule has 0 bridgehead atoms. The first-order chi connectivity index (χ1) is 13.5. The average molecular weight is 376 g/mol. The lowest BCUT2D eigenvalue weighted by Crippen LogP contribution is -2.40. The van der Waals surface area contributed by atoms with Crippen molar-refractivity contribution in [1.82, 2.24) is 19.8 Å². The number of benzene rings is 2. The highest BCUT2D eigenvalue weighted by Gasteiger charge is 2.36. The SMILES string of the molecule is Cc1ccc2c(c1)C(=O)N(CC(=O)NCCCn1cnc3ccccc31)C2=O. The molecular formula is C21H20N4O3. The zero-order valence-corrected chi connectivity index (χ0v) is 15.5. The van der Waals surface area contributed by atoms with Crippen LogP contribution < -0.4 is 5.32 Å². The van der Waals surface area contributed by atoms with Gasteiger partial charge in [-0.3, -0.25) is 19.3 Å². The van der Waals surface area contributed by atoms with E-state index in [1.54, 1.807) is 24.5 Å². The maximum atomic E-state index is 12.4. The Morgan fingerprint density at radius 3 is 2.71 bits per heavy atom. The van der Waals surface area contributed by atoms with Crippen molar-refractivity contribution < 1.29 is 14.4 Å². The second-order valence-electron chi connectivity index (χ2n) is 6.88. The minimum absolute atomic E-state index is 0.264. The Morgan fingerprint density at radius 1 is 1.07 bits per heavy atom. The number of hydrogen-bond acceptors (Lipinski definition) is 4. The van der Waals surface area contributed by atoms with Gasteiger partial charge in [-0.2, -0.15) is 0 Å². The number of rotatable bonds is 6. The van der Waals surface area contributed by atoms with Gasteiger partial charge in [0.2, 0.25) is 5.91 Å². The molecule has 4 rings (SSSR count). The predicted octanol–water partition coefficient (Wildman–Crippen LogP) is 2.15. The number of fused-ring (bicyclic) bond motifs is 2. The molecule has 2 aromatic carbocycles. The van der Waals surface area contributed by atoms with Gasteiger partial charge in [-0.05, 0) is 37.6 Å². The van der Waals surface area contributed by atoms with Gasteiger partial charge in [0.05, 0.1) is 28.5 Å². The fourth-order valence-corrected chi connectivity index (χ4v) is 3.41. The fourth-order valence-electron chi connectivity index (χ4n) is 3.41. The summed E-state index contributed by atoms with van der Waals surface area (Å²) in [6, 6.07) is 13.0. The molecule has 2 heterocycles. The summed E-state index contributed by atoms with van der Waals surface area (Å²) in [5.74, 6) is -1.18. The van der Waals surface area contributed by atoms with Gasteiger partial charge in [-0.1, -0.05) is 23.8 Å². The lowest BCUT2D eigenvalue weighted by atomic mass is 10.1. The third kappa shape index (κ3) is 3.26. The summed E-state index contributed by atoms with van der Waals surface area (Å²) in [5, 5.41) is 2.78. The first-order valence-electron chi connectivity index (χ1n) is 9.18. The summed E-state index contributed by atoms with van der Waals surface area (Å²) in [7, 11) is 0. The van der Waals surface area contributed by atoms with Crippen LogP contribution in [0.1, 0.15) is 32.7 Å². The molecular weight excluding hydrogens is 356 g/mol. The summed E-state index contributed by atoms with van der Waals surface area (Å²) in [6.45, 7) is 2.76. The monoisotopic (exact) mass is 376 g/mol. The van der Waals surface area contributed by atoms with Crippen LogP contribution in [0.2, 0.25) is 0 Å². The van der Waals surface area contributed by atoms with E-state index in [0.717, 1.165) is 21.5 Å². The minimum Gasteiger partial charge on any atom is -0.354 e. The zero-order valence-electron chi connectivity index (χ0n) is 15.5. The van der Waals surface area contributed by atoms with Crippen molar-refractivity contribution in [2.45, 2.75) is 19.9 Å². The molecule has 3 amide bonds. The number of amides is 3. The Hall–Kier alpha value is -3.48. The highest BCUT2D eigenvalue weighted by molar-refractivity contribution is 6.22. The highest BCUT2D eigenvalue weighted by atomic mass is 16.2.